The van der Waals surface area contributed by atoms with Crippen molar-refractivity contribution in [2.24, 2.45) is 0 Å². The summed E-state index contributed by atoms with van der Waals surface area (Å²) < 4.78 is 33.6. The molecular weight excluding hydrogens is 348 g/mol. The minimum Gasteiger partial charge on any atom is -0.497 e. The fraction of sp³-hybridized carbons (Fsp3) is 0.300. The number of H-pyrrole nitrogens is 1. The van der Waals surface area contributed by atoms with Crippen LogP contribution in [0, 0.1) is 6.92 Å². The van der Waals surface area contributed by atoms with Gasteiger partial charge in [0.05, 0.1) is 12.0 Å². The molecule has 1 aromatic heterocycles. The molecule has 0 bridgehead atoms. The van der Waals surface area contributed by atoms with Crippen molar-refractivity contribution in [2.75, 3.05) is 7.11 Å². The molecule has 3 aromatic rings. The summed E-state index contributed by atoms with van der Waals surface area (Å²) >= 11 is 0. The molecule has 1 aliphatic carbocycles. The number of ether oxygens (including phenoxy) is 1. The first-order valence-electron chi connectivity index (χ1n) is 8.73. The van der Waals surface area contributed by atoms with Gasteiger partial charge in [0.1, 0.15) is 5.75 Å². The molecule has 1 aliphatic rings. The molecule has 0 fully saturated rings. The molecule has 0 spiro atoms. The Morgan fingerprint density at radius 3 is 2.65 bits per heavy atom. The van der Waals surface area contributed by atoms with Crippen molar-refractivity contribution >= 4 is 20.9 Å². The normalized spacial score (nSPS) is 17.2. The molecule has 4 rings (SSSR count). The monoisotopic (exact) mass is 370 g/mol. The van der Waals surface area contributed by atoms with Crippen molar-refractivity contribution in [3.63, 3.8) is 0 Å². The molecule has 1 heterocycles. The number of rotatable bonds is 4. The number of benzene rings is 2. The van der Waals surface area contributed by atoms with Gasteiger partial charge in [0.15, 0.2) is 0 Å². The van der Waals surface area contributed by atoms with Crippen LogP contribution < -0.4 is 9.46 Å². The second-order valence-corrected chi connectivity index (χ2v) is 8.58. The molecule has 6 heteroatoms. The van der Waals surface area contributed by atoms with E-state index in [4.69, 9.17) is 4.74 Å². The van der Waals surface area contributed by atoms with Gasteiger partial charge in [-0.25, -0.2) is 13.1 Å². The Bertz CT molecular complexity index is 1050. The first kappa shape index (κ1) is 17.1. The molecule has 136 valence electrons. The Morgan fingerprint density at radius 1 is 1.15 bits per heavy atom. The van der Waals surface area contributed by atoms with Crippen LogP contribution in [0.4, 0.5) is 0 Å². The summed E-state index contributed by atoms with van der Waals surface area (Å²) in [6.45, 7) is 1.94. The van der Waals surface area contributed by atoms with Gasteiger partial charge in [0.2, 0.25) is 10.0 Å². The summed E-state index contributed by atoms with van der Waals surface area (Å²) in [6, 6.07) is 12.8. The van der Waals surface area contributed by atoms with Crippen molar-refractivity contribution in [1.29, 1.82) is 0 Å². The lowest BCUT2D eigenvalue weighted by atomic mass is 9.92. The highest BCUT2D eigenvalue weighted by atomic mass is 32.2. The third kappa shape index (κ3) is 3.10. The highest BCUT2D eigenvalue weighted by molar-refractivity contribution is 7.89. The predicted molar refractivity (Wildman–Crippen MR) is 102 cm³/mol. The smallest absolute Gasteiger partial charge is 0.240 e. The number of hydrogen-bond donors (Lipinski definition) is 2. The van der Waals surface area contributed by atoms with E-state index in [0.29, 0.717) is 11.3 Å². The number of aryl methyl sites for hydroxylation is 2. The van der Waals surface area contributed by atoms with E-state index < -0.39 is 10.0 Å². The van der Waals surface area contributed by atoms with Gasteiger partial charge in [0.25, 0.3) is 0 Å². The molecular formula is C20H22N2O3S. The summed E-state index contributed by atoms with van der Waals surface area (Å²) in [5.74, 6) is 0.807. The topological polar surface area (TPSA) is 71.2 Å². The van der Waals surface area contributed by atoms with E-state index >= 15 is 0 Å². The zero-order valence-corrected chi connectivity index (χ0v) is 15.7. The van der Waals surface area contributed by atoms with Crippen LogP contribution in [0.5, 0.6) is 5.75 Å². The van der Waals surface area contributed by atoms with Gasteiger partial charge in [-0.1, -0.05) is 17.7 Å². The van der Waals surface area contributed by atoms with Crippen LogP contribution in [0.3, 0.4) is 0 Å². The molecule has 0 amide bonds. The third-order valence-corrected chi connectivity index (χ3v) is 6.58. The first-order valence-corrected chi connectivity index (χ1v) is 10.2. The van der Waals surface area contributed by atoms with E-state index in [0.717, 1.165) is 35.1 Å². The van der Waals surface area contributed by atoms with Crippen molar-refractivity contribution in [3.05, 3.63) is 59.3 Å². The lowest BCUT2D eigenvalue weighted by Gasteiger charge is -2.23. The second kappa shape index (κ2) is 6.45. The van der Waals surface area contributed by atoms with Crippen LogP contribution in [-0.2, 0) is 22.9 Å². The minimum absolute atomic E-state index is 0.112. The minimum atomic E-state index is -3.51. The fourth-order valence-corrected chi connectivity index (χ4v) is 4.90. The molecule has 0 radical (unpaired) electrons. The number of fused-ring (bicyclic) bond motifs is 3. The first-order chi connectivity index (χ1) is 12.5. The summed E-state index contributed by atoms with van der Waals surface area (Å²) in [4.78, 5) is 3.77. The number of aromatic amines is 1. The molecule has 1 atom stereocenters. The molecule has 2 N–H and O–H groups in total. The van der Waals surface area contributed by atoms with E-state index in [2.05, 4.69) is 9.71 Å². The molecule has 0 aliphatic heterocycles. The average molecular weight is 370 g/mol. The number of nitrogens with one attached hydrogen (secondary N) is 2. The van der Waals surface area contributed by atoms with E-state index in [-0.39, 0.29) is 6.04 Å². The standard InChI is InChI=1S/C20H22N2O3S/c1-13-3-7-16(8-4-13)26(23,24)22-14-5-9-19-17(11-14)18-12-15(25-2)6-10-20(18)21-19/h3-4,6-8,10,12,14,21-22H,5,9,11H2,1-2H3. The average Bonchev–Trinajstić information content (AvgIpc) is 2.99. The zero-order chi connectivity index (χ0) is 18.3. The summed E-state index contributed by atoms with van der Waals surface area (Å²) in [6.07, 6.45) is 2.28. The number of hydrogen-bond acceptors (Lipinski definition) is 3. The van der Waals surface area contributed by atoms with Crippen LogP contribution in [0.25, 0.3) is 10.9 Å². The Labute approximate surface area is 153 Å². The SMILES string of the molecule is COc1ccc2[nH]c3c(c2c1)CC(NS(=O)(=O)c1ccc(C)cc1)CC3. The summed E-state index contributed by atoms with van der Waals surface area (Å²) in [7, 11) is -1.86. The van der Waals surface area contributed by atoms with E-state index in [1.807, 2.05) is 37.3 Å². The second-order valence-electron chi connectivity index (χ2n) is 6.87. The van der Waals surface area contributed by atoms with Gasteiger partial charge in [-0.3, -0.25) is 0 Å². The maximum Gasteiger partial charge on any atom is 0.240 e. The summed E-state index contributed by atoms with van der Waals surface area (Å²) in [5.41, 5.74) is 4.48. The molecule has 1 unspecified atom stereocenters. The lowest BCUT2D eigenvalue weighted by Crippen LogP contribution is -2.38. The maximum absolute atomic E-state index is 12.7. The van der Waals surface area contributed by atoms with E-state index in [1.165, 1.54) is 11.3 Å². The van der Waals surface area contributed by atoms with Crippen LogP contribution in [0.15, 0.2) is 47.4 Å². The molecule has 0 saturated carbocycles. The van der Waals surface area contributed by atoms with Gasteiger partial charge >= 0.3 is 0 Å². The maximum atomic E-state index is 12.7. The van der Waals surface area contributed by atoms with Crippen molar-refractivity contribution < 1.29 is 13.2 Å². The predicted octanol–water partition coefficient (Wildman–Crippen LogP) is 3.32. The molecule has 26 heavy (non-hydrogen) atoms. The third-order valence-electron chi connectivity index (χ3n) is 5.05. The van der Waals surface area contributed by atoms with Crippen molar-refractivity contribution in [3.8, 4) is 5.75 Å². The molecule has 5 nitrogen and oxygen atoms in total. The van der Waals surface area contributed by atoms with E-state index in [1.54, 1.807) is 19.2 Å². The Kier molecular flexibility index (Phi) is 4.25. The van der Waals surface area contributed by atoms with Gasteiger partial charge in [-0.15, -0.1) is 0 Å². The van der Waals surface area contributed by atoms with Gasteiger partial charge in [0, 0.05) is 22.6 Å². The number of sulfonamides is 1. The fourth-order valence-electron chi connectivity index (χ4n) is 3.63. The van der Waals surface area contributed by atoms with Crippen LogP contribution in [0.1, 0.15) is 23.2 Å². The number of aromatic nitrogens is 1. The Hall–Kier alpha value is -2.31. The van der Waals surface area contributed by atoms with E-state index in [9.17, 15) is 8.42 Å². The van der Waals surface area contributed by atoms with Gasteiger partial charge in [-0.05, 0) is 62.1 Å². The van der Waals surface area contributed by atoms with Crippen molar-refractivity contribution in [2.45, 2.75) is 37.1 Å². The summed E-state index contributed by atoms with van der Waals surface area (Å²) in [5, 5.41) is 1.11. The zero-order valence-electron chi connectivity index (χ0n) is 14.9. The highest BCUT2D eigenvalue weighted by Gasteiger charge is 2.26. The highest BCUT2D eigenvalue weighted by Crippen LogP contribution is 2.32. The van der Waals surface area contributed by atoms with Gasteiger partial charge in [-0.2, -0.15) is 0 Å². The van der Waals surface area contributed by atoms with Gasteiger partial charge < -0.3 is 9.72 Å². The van der Waals surface area contributed by atoms with Crippen LogP contribution in [0.2, 0.25) is 0 Å². The molecule has 2 aromatic carbocycles. The molecule has 0 saturated heterocycles. The van der Waals surface area contributed by atoms with Crippen molar-refractivity contribution in [1.82, 2.24) is 9.71 Å². The Balaban J connectivity index is 1.61. The lowest BCUT2D eigenvalue weighted by molar-refractivity contribution is 0.415. The quantitative estimate of drug-likeness (QED) is 0.740. The number of methoxy groups -OCH3 is 1. The largest absolute Gasteiger partial charge is 0.497 e. The van der Waals surface area contributed by atoms with Crippen LogP contribution in [-0.4, -0.2) is 26.6 Å². The Morgan fingerprint density at radius 2 is 1.92 bits per heavy atom. The van der Waals surface area contributed by atoms with Crippen LogP contribution >= 0.6 is 0 Å².